The highest BCUT2D eigenvalue weighted by molar-refractivity contribution is 9.10. The second-order valence-corrected chi connectivity index (χ2v) is 5.39. The minimum atomic E-state index is -0.972. The Hall–Kier alpha value is -1.60. The zero-order chi connectivity index (χ0) is 14.4. The number of nitrogens with one attached hydrogen (secondary N) is 1. The number of fused-ring (bicyclic) bond motifs is 1. The number of aromatic nitrogens is 2. The van der Waals surface area contributed by atoms with Crippen LogP contribution in [-0.4, -0.2) is 9.55 Å². The lowest BCUT2D eigenvalue weighted by molar-refractivity contribution is 0.508. The largest absolute Gasteiger partial charge is 0.330 e. The van der Waals surface area contributed by atoms with Gasteiger partial charge >= 0.3 is 0 Å². The summed E-state index contributed by atoms with van der Waals surface area (Å²) in [7, 11) is 0. The Morgan fingerprint density at radius 2 is 1.75 bits per heavy atom. The fourth-order valence-electron chi connectivity index (χ4n) is 1.98. The van der Waals surface area contributed by atoms with Crippen molar-refractivity contribution in [3.8, 4) is 5.69 Å². The number of rotatable bonds is 1. The first-order chi connectivity index (χ1) is 9.47. The third-order valence-corrected chi connectivity index (χ3v) is 3.78. The lowest BCUT2D eigenvalue weighted by Crippen LogP contribution is -1.96. The summed E-state index contributed by atoms with van der Waals surface area (Å²) in [5.41, 5.74) is 1.40. The predicted molar refractivity (Wildman–Crippen MR) is 76.0 cm³/mol. The van der Waals surface area contributed by atoms with Crippen molar-refractivity contribution in [3.05, 3.63) is 57.0 Å². The van der Waals surface area contributed by atoms with E-state index in [1.165, 1.54) is 22.8 Å². The number of hydrogen-bond acceptors (Lipinski definition) is 1. The van der Waals surface area contributed by atoms with Crippen molar-refractivity contribution in [1.82, 2.24) is 9.55 Å². The van der Waals surface area contributed by atoms with Gasteiger partial charge in [0.2, 0.25) is 0 Å². The van der Waals surface area contributed by atoms with E-state index in [4.69, 9.17) is 12.2 Å². The fraction of sp³-hybridized carbons (Fsp3) is 0. The Morgan fingerprint density at radius 1 is 1.00 bits per heavy atom. The molecule has 1 heterocycles. The van der Waals surface area contributed by atoms with Crippen LogP contribution in [0, 0.1) is 22.2 Å². The third kappa shape index (κ3) is 2.06. The maximum Gasteiger partial charge on any atom is 0.182 e. The van der Waals surface area contributed by atoms with Gasteiger partial charge in [0, 0.05) is 12.1 Å². The standard InChI is InChI=1S/C13H6BrF3N2S/c14-7-4-12-11(5-9(7)16)18-13(20)19(12)6-1-2-8(15)10(17)3-6/h1-5H,(H,18,20). The van der Waals surface area contributed by atoms with E-state index in [-0.39, 0.29) is 9.24 Å². The van der Waals surface area contributed by atoms with E-state index in [2.05, 4.69) is 20.9 Å². The average molecular weight is 359 g/mol. The summed E-state index contributed by atoms with van der Waals surface area (Å²) in [6.07, 6.45) is 0. The summed E-state index contributed by atoms with van der Waals surface area (Å²) < 4.78 is 41.9. The minimum Gasteiger partial charge on any atom is -0.330 e. The molecule has 0 unspecified atom stereocenters. The van der Waals surface area contributed by atoms with Crippen LogP contribution in [0.25, 0.3) is 16.7 Å². The van der Waals surface area contributed by atoms with Gasteiger partial charge in [0.05, 0.1) is 21.2 Å². The van der Waals surface area contributed by atoms with Crippen LogP contribution in [0.4, 0.5) is 13.2 Å². The van der Waals surface area contributed by atoms with E-state index in [9.17, 15) is 13.2 Å². The molecule has 2 aromatic carbocycles. The van der Waals surface area contributed by atoms with E-state index in [1.807, 2.05) is 0 Å². The molecule has 0 aliphatic carbocycles. The first kappa shape index (κ1) is 13.4. The lowest BCUT2D eigenvalue weighted by Gasteiger charge is -2.05. The predicted octanol–water partition coefficient (Wildman–Crippen LogP) is 4.87. The number of halogens is 4. The molecule has 0 aliphatic heterocycles. The highest BCUT2D eigenvalue weighted by atomic mass is 79.9. The maximum atomic E-state index is 13.5. The maximum absolute atomic E-state index is 13.5. The highest BCUT2D eigenvalue weighted by Gasteiger charge is 2.12. The smallest absolute Gasteiger partial charge is 0.182 e. The van der Waals surface area contributed by atoms with Crippen LogP contribution < -0.4 is 0 Å². The van der Waals surface area contributed by atoms with Crippen molar-refractivity contribution in [2.45, 2.75) is 0 Å². The van der Waals surface area contributed by atoms with Crippen molar-refractivity contribution >= 4 is 39.2 Å². The molecule has 0 atom stereocenters. The Bertz CT molecular complexity index is 885. The number of imidazole rings is 1. The number of aromatic amines is 1. The summed E-state index contributed by atoms with van der Waals surface area (Å²) in [6.45, 7) is 0. The molecule has 0 amide bonds. The monoisotopic (exact) mass is 358 g/mol. The minimum absolute atomic E-state index is 0.260. The second kappa shape index (κ2) is 4.75. The molecule has 3 aromatic rings. The van der Waals surface area contributed by atoms with Crippen molar-refractivity contribution in [1.29, 1.82) is 0 Å². The van der Waals surface area contributed by atoms with Crippen molar-refractivity contribution < 1.29 is 13.2 Å². The van der Waals surface area contributed by atoms with E-state index in [0.29, 0.717) is 16.7 Å². The number of hydrogen-bond donors (Lipinski definition) is 1. The van der Waals surface area contributed by atoms with Crippen LogP contribution >= 0.6 is 28.1 Å². The second-order valence-electron chi connectivity index (χ2n) is 4.15. The average Bonchev–Trinajstić information content (AvgIpc) is 2.69. The molecule has 102 valence electrons. The van der Waals surface area contributed by atoms with Gasteiger partial charge in [0.15, 0.2) is 16.4 Å². The third-order valence-electron chi connectivity index (χ3n) is 2.89. The zero-order valence-electron chi connectivity index (χ0n) is 9.75. The van der Waals surface area contributed by atoms with E-state index in [1.54, 1.807) is 0 Å². The zero-order valence-corrected chi connectivity index (χ0v) is 12.2. The van der Waals surface area contributed by atoms with E-state index >= 15 is 0 Å². The summed E-state index contributed by atoms with van der Waals surface area (Å²) in [6, 6.07) is 6.27. The van der Waals surface area contributed by atoms with Crippen LogP contribution in [-0.2, 0) is 0 Å². The number of nitrogens with zero attached hydrogens (tertiary/aromatic N) is 1. The molecule has 7 heteroatoms. The van der Waals surface area contributed by atoms with Gasteiger partial charge in [-0.2, -0.15) is 0 Å². The van der Waals surface area contributed by atoms with Crippen LogP contribution in [0.3, 0.4) is 0 Å². The fourth-order valence-corrected chi connectivity index (χ4v) is 2.63. The molecule has 0 fully saturated rings. The van der Waals surface area contributed by atoms with Gasteiger partial charge in [-0.3, -0.25) is 4.57 Å². The molecule has 0 bridgehead atoms. The van der Waals surface area contributed by atoms with Gasteiger partial charge in [-0.15, -0.1) is 0 Å². The molecule has 20 heavy (non-hydrogen) atoms. The van der Waals surface area contributed by atoms with Crippen molar-refractivity contribution in [2.75, 3.05) is 0 Å². The molecule has 0 saturated carbocycles. The molecule has 0 spiro atoms. The SMILES string of the molecule is Fc1ccc(-n2c(=S)[nH]c3cc(F)c(Br)cc32)cc1F. The number of benzene rings is 2. The summed E-state index contributed by atoms with van der Waals surface area (Å²) in [4.78, 5) is 2.83. The van der Waals surface area contributed by atoms with Crippen molar-refractivity contribution in [2.24, 2.45) is 0 Å². The molecular weight excluding hydrogens is 353 g/mol. The van der Waals surface area contributed by atoms with Crippen LogP contribution in [0.15, 0.2) is 34.8 Å². The first-order valence-corrected chi connectivity index (χ1v) is 6.72. The van der Waals surface area contributed by atoms with Gasteiger partial charge < -0.3 is 4.98 Å². The van der Waals surface area contributed by atoms with Gasteiger partial charge in [-0.1, -0.05) is 0 Å². The van der Waals surface area contributed by atoms with Gasteiger partial charge in [-0.05, 0) is 46.3 Å². The molecule has 1 aromatic heterocycles. The molecule has 0 radical (unpaired) electrons. The van der Waals surface area contributed by atoms with E-state index < -0.39 is 17.5 Å². The summed E-state index contributed by atoms with van der Waals surface area (Å²) in [5.74, 6) is -2.35. The molecule has 3 rings (SSSR count). The van der Waals surface area contributed by atoms with Crippen molar-refractivity contribution in [3.63, 3.8) is 0 Å². The number of H-pyrrole nitrogens is 1. The van der Waals surface area contributed by atoms with Crippen LogP contribution in [0.2, 0.25) is 0 Å². The molecule has 0 aliphatic rings. The Morgan fingerprint density at radius 3 is 2.45 bits per heavy atom. The van der Waals surface area contributed by atoms with Gasteiger partial charge in [0.1, 0.15) is 5.82 Å². The molecule has 1 N–H and O–H groups in total. The summed E-state index contributed by atoms with van der Waals surface area (Å²) in [5, 5.41) is 0. The normalized spacial score (nSPS) is 11.2. The lowest BCUT2D eigenvalue weighted by atomic mass is 10.2. The Balaban J connectivity index is 2.35. The Kier molecular flexibility index (Phi) is 3.18. The quantitative estimate of drug-likeness (QED) is 0.615. The Labute approximate surface area is 125 Å². The van der Waals surface area contributed by atoms with E-state index in [0.717, 1.165) is 12.1 Å². The van der Waals surface area contributed by atoms with Crippen LogP contribution in [0.5, 0.6) is 0 Å². The first-order valence-electron chi connectivity index (χ1n) is 5.52. The molecule has 0 saturated heterocycles. The van der Waals surface area contributed by atoms with Crippen LogP contribution in [0.1, 0.15) is 0 Å². The molecular formula is C13H6BrF3N2S. The topological polar surface area (TPSA) is 20.7 Å². The summed E-state index contributed by atoms with van der Waals surface area (Å²) >= 11 is 8.24. The molecule has 2 nitrogen and oxygen atoms in total. The van der Waals surface area contributed by atoms with Gasteiger partial charge in [0.25, 0.3) is 0 Å². The highest BCUT2D eigenvalue weighted by Crippen LogP contribution is 2.26. The van der Waals surface area contributed by atoms with Gasteiger partial charge in [-0.25, -0.2) is 13.2 Å².